The van der Waals surface area contributed by atoms with Gasteiger partial charge in [0.15, 0.2) is 0 Å². The second-order valence-electron chi connectivity index (χ2n) is 4.49. The molecule has 21 heavy (non-hydrogen) atoms. The Balaban J connectivity index is 2.15. The zero-order valence-electron chi connectivity index (χ0n) is 11.7. The van der Waals surface area contributed by atoms with Crippen LogP contribution in [-0.2, 0) is 24.8 Å². The van der Waals surface area contributed by atoms with Crippen LogP contribution in [0.1, 0.15) is 28.7 Å². The monoisotopic (exact) mass is 311 g/mol. The number of benzene rings is 1. The lowest BCUT2D eigenvalue weighted by atomic mass is 10.2. The Morgan fingerprint density at radius 2 is 2.24 bits per heavy atom. The van der Waals surface area contributed by atoms with Crippen LogP contribution in [0.2, 0.25) is 5.02 Å². The van der Waals surface area contributed by atoms with Crippen LogP contribution in [0.5, 0.6) is 0 Å². The highest BCUT2D eigenvalue weighted by Gasteiger charge is 2.17. The van der Waals surface area contributed by atoms with E-state index in [-0.39, 0.29) is 17.9 Å². The lowest BCUT2D eigenvalue weighted by Gasteiger charge is -2.07. The Bertz CT molecular complexity index is 685. The summed E-state index contributed by atoms with van der Waals surface area (Å²) in [4.78, 5) is 11.9. The van der Waals surface area contributed by atoms with Crippen LogP contribution in [0, 0.1) is 5.82 Å². The number of hydrogen-bond donors (Lipinski definition) is 1. The van der Waals surface area contributed by atoms with E-state index in [2.05, 4.69) is 5.10 Å². The minimum atomic E-state index is -0.706. The molecular weight excluding hydrogens is 297 g/mol. The van der Waals surface area contributed by atoms with Crippen LogP contribution in [0.25, 0.3) is 0 Å². The standard InChI is InChI=1S/C14H15ClFN3O2/c1-3-11-13(15)12(19(2)18-11)7-21-14(20)9-6-8(16)4-5-10(9)17/h4-6H,3,7,17H2,1-2H3. The number of aryl methyl sites for hydroxylation is 2. The molecule has 0 atom stereocenters. The van der Waals surface area contributed by atoms with Gasteiger partial charge in [-0.3, -0.25) is 4.68 Å². The predicted octanol–water partition coefficient (Wildman–Crippen LogP) is 2.71. The quantitative estimate of drug-likeness (QED) is 0.696. The topological polar surface area (TPSA) is 70.1 Å². The van der Waals surface area contributed by atoms with Gasteiger partial charge in [0, 0.05) is 12.7 Å². The van der Waals surface area contributed by atoms with Gasteiger partial charge in [-0.2, -0.15) is 5.10 Å². The normalized spacial score (nSPS) is 10.7. The van der Waals surface area contributed by atoms with E-state index in [9.17, 15) is 9.18 Å². The minimum absolute atomic E-state index is 0.0102. The number of nitrogen functional groups attached to an aromatic ring is 1. The summed E-state index contributed by atoms with van der Waals surface area (Å²) < 4.78 is 19.8. The van der Waals surface area contributed by atoms with Gasteiger partial charge in [0.25, 0.3) is 0 Å². The number of esters is 1. The number of aromatic nitrogens is 2. The molecule has 0 amide bonds. The molecule has 2 rings (SSSR count). The zero-order valence-corrected chi connectivity index (χ0v) is 12.4. The molecule has 5 nitrogen and oxygen atoms in total. The van der Waals surface area contributed by atoms with E-state index in [0.717, 1.165) is 11.8 Å². The molecule has 0 unspecified atom stereocenters. The van der Waals surface area contributed by atoms with Crippen LogP contribution >= 0.6 is 11.6 Å². The van der Waals surface area contributed by atoms with Gasteiger partial charge in [0.2, 0.25) is 0 Å². The van der Waals surface area contributed by atoms with Crippen LogP contribution in [-0.4, -0.2) is 15.7 Å². The van der Waals surface area contributed by atoms with Gasteiger partial charge in [-0.05, 0) is 24.6 Å². The Kier molecular flexibility index (Phi) is 4.47. The van der Waals surface area contributed by atoms with Crippen LogP contribution in [0.3, 0.4) is 0 Å². The van der Waals surface area contributed by atoms with Gasteiger partial charge in [0.1, 0.15) is 12.4 Å². The average molecular weight is 312 g/mol. The predicted molar refractivity (Wildman–Crippen MR) is 77.5 cm³/mol. The highest BCUT2D eigenvalue weighted by atomic mass is 35.5. The molecule has 0 radical (unpaired) electrons. The van der Waals surface area contributed by atoms with E-state index < -0.39 is 11.8 Å². The molecule has 2 N–H and O–H groups in total. The van der Waals surface area contributed by atoms with Gasteiger partial charge < -0.3 is 10.5 Å². The molecule has 0 fully saturated rings. The highest BCUT2D eigenvalue weighted by molar-refractivity contribution is 6.31. The summed E-state index contributed by atoms with van der Waals surface area (Å²) in [6.07, 6.45) is 0.678. The van der Waals surface area contributed by atoms with Crippen molar-refractivity contribution in [3.8, 4) is 0 Å². The number of anilines is 1. The first kappa shape index (κ1) is 15.3. The molecule has 0 saturated heterocycles. The molecule has 0 aliphatic rings. The fraction of sp³-hybridized carbons (Fsp3) is 0.286. The fourth-order valence-electron chi connectivity index (χ4n) is 1.89. The summed E-state index contributed by atoms with van der Waals surface area (Å²) in [5.41, 5.74) is 7.09. The molecule has 7 heteroatoms. The Labute approximate surface area is 126 Å². The van der Waals surface area contributed by atoms with E-state index in [1.807, 2.05) is 6.92 Å². The van der Waals surface area contributed by atoms with Crippen molar-refractivity contribution in [1.82, 2.24) is 9.78 Å². The molecule has 0 bridgehead atoms. The maximum absolute atomic E-state index is 13.1. The maximum atomic E-state index is 13.1. The molecule has 0 aliphatic carbocycles. The third-order valence-electron chi connectivity index (χ3n) is 3.08. The molecule has 1 aromatic carbocycles. The Morgan fingerprint density at radius 3 is 2.86 bits per heavy atom. The Hall–Kier alpha value is -2.08. The third kappa shape index (κ3) is 3.16. The smallest absolute Gasteiger partial charge is 0.340 e. The fourth-order valence-corrected chi connectivity index (χ4v) is 2.24. The lowest BCUT2D eigenvalue weighted by Crippen LogP contribution is -2.10. The number of ether oxygens (including phenoxy) is 1. The number of nitrogens with zero attached hydrogens (tertiary/aromatic N) is 2. The van der Waals surface area contributed by atoms with E-state index in [4.69, 9.17) is 22.1 Å². The second-order valence-corrected chi connectivity index (χ2v) is 4.87. The van der Waals surface area contributed by atoms with Crippen LogP contribution < -0.4 is 5.73 Å². The molecular formula is C14H15ClFN3O2. The van der Waals surface area contributed by atoms with Gasteiger partial charge >= 0.3 is 5.97 Å². The molecule has 0 saturated carbocycles. The summed E-state index contributed by atoms with van der Waals surface area (Å²) >= 11 is 6.16. The van der Waals surface area contributed by atoms with Crippen molar-refractivity contribution in [1.29, 1.82) is 0 Å². The summed E-state index contributed by atoms with van der Waals surface area (Å²) in [5, 5.41) is 4.69. The maximum Gasteiger partial charge on any atom is 0.340 e. The van der Waals surface area contributed by atoms with E-state index in [1.54, 1.807) is 11.7 Å². The highest BCUT2D eigenvalue weighted by Crippen LogP contribution is 2.22. The zero-order chi connectivity index (χ0) is 15.6. The van der Waals surface area contributed by atoms with Crippen molar-refractivity contribution in [3.63, 3.8) is 0 Å². The average Bonchev–Trinajstić information content (AvgIpc) is 2.73. The van der Waals surface area contributed by atoms with Gasteiger partial charge in [0.05, 0.1) is 22.0 Å². The van der Waals surface area contributed by atoms with E-state index in [1.165, 1.54) is 12.1 Å². The van der Waals surface area contributed by atoms with Crippen LogP contribution in [0.4, 0.5) is 10.1 Å². The van der Waals surface area contributed by atoms with Gasteiger partial charge in [-0.25, -0.2) is 9.18 Å². The SMILES string of the molecule is CCc1nn(C)c(COC(=O)c2cc(F)ccc2N)c1Cl. The summed E-state index contributed by atoms with van der Waals surface area (Å²) in [7, 11) is 1.71. The molecule has 1 aromatic heterocycles. The lowest BCUT2D eigenvalue weighted by molar-refractivity contribution is 0.0464. The minimum Gasteiger partial charge on any atom is -0.455 e. The first-order valence-electron chi connectivity index (χ1n) is 6.36. The van der Waals surface area contributed by atoms with Crippen LogP contribution in [0.15, 0.2) is 18.2 Å². The molecule has 112 valence electrons. The molecule has 1 heterocycles. The first-order valence-corrected chi connectivity index (χ1v) is 6.74. The van der Waals surface area contributed by atoms with Crippen molar-refractivity contribution >= 4 is 23.3 Å². The van der Waals surface area contributed by atoms with E-state index in [0.29, 0.717) is 17.1 Å². The number of nitrogens with two attached hydrogens (primary N) is 1. The van der Waals surface area contributed by atoms with Crippen molar-refractivity contribution in [2.45, 2.75) is 20.0 Å². The third-order valence-corrected chi connectivity index (χ3v) is 3.51. The number of carbonyl (C=O) groups is 1. The molecule has 0 aliphatic heterocycles. The first-order chi connectivity index (χ1) is 9.93. The number of rotatable bonds is 4. The van der Waals surface area contributed by atoms with E-state index >= 15 is 0 Å². The van der Waals surface area contributed by atoms with Gasteiger partial charge in [-0.1, -0.05) is 18.5 Å². The van der Waals surface area contributed by atoms with Gasteiger partial charge in [-0.15, -0.1) is 0 Å². The second kappa shape index (κ2) is 6.13. The largest absolute Gasteiger partial charge is 0.455 e. The van der Waals surface area contributed by atoms with Crippen molar-refractivity contribution < 1.29 is 13.9 Å². The summed E-state index contributed by atoms with van der Waals surface area (Å²) in [5.74, 6) is -1.26. The number of hydrogen-bond acceptors (Lipinski definition) is 4. The summed E-state index contributed by atoms with van der Waals surface area (Å²) in [6, 6.07) is 3.54. The number of halogens is 2. The number of carbonyl (C=O) groups excluding carboxylic acids is 1. The molecule has 2 aromatic rings. The summed E-state index contributed by atoms with van der Waals surface area (Å²) in [6.45, 7) is 1.87. The van der Waals surface area contributed by atoms with Crippen molar-refractivity contribution in [2.75, 3.05) is 5.73 Å². The molecule has 0 spiro atoms. The van der Waals surface area contributed by atoms with Crippen molar-refractivity contribution in [3.05, 3.63) is 46.0 Å². The Morgan fingerprint density at radius 1 is 1.52 bits per heavy atom. The van der Waals surface area contributed by atoms with Crippen molar-refractivity contribution in [2.24, 2.45) is 7.05 Å².